The lowest BCUT2D eigenvalue weighted by Crippen LogP contribution is -2.45. The zero-order chi connectivity index (χ0) is 20.7. The summed E-state index contributed by atoms with van der Waals surface area (Å²) >= 11 is 0. The quantitative estimate of drug-likeness (QED) is 0.468. The number of sulfonamides is 1. The maximum Gasteiger partial charge on any atom is 0.240 e. The average Bonchev–Trinajstić information content (AvgIpc) is 2.64. The fourth-order valence-corrected chi connectivity index (χ4v) is 3.92. The van der Waals surface area contributed by atoms with Crippen molar-refractivity contribution in [1.29, 1.82) is 0 Å². The van der Waals surface area contributed by atoms with Crippen LogP contribution in [0.25, 0.3) is 0 Å². The van der Waals surface area contributed by atoms with Gasteiger partial charge in [0.1, 0.15) is 6.54 Å². The molecule has 0 bridgehead atoms. The standard InChI is InChI=1S/C19H30N4O4S/c1-16(24)17-6-4-7-18(14-17)23(28(3,26)27)15-19(25)20-8-5-9-22-12-10-21(2)11-13-22/h4,6-7,14H,5,8-13,15H2,1-3H3,(H,20,25). The first-order chi connectivity index (χ1) is 13.2. The molecule has 1 fully saturated rings. The number of nitrogens with one attached hydrogen (secondary N) is 1. The molecule has 0 atom stereocenters. The molecule has 0 aromatic heterocycles. The molecule has 0 radical (unpaired) electrons. The van der Waals surface area contributed by atoms with Crippen LogP contribution in [-0.2, 0) is 14.8 Å². The number of ketones is 1. The molecular formula is C19H30N4O4S. The maximum absolute atomic E-state index is 12.3. The number of amides is 1. The molecule has 1 aromatic rings. The Morgan fingerprint density at radius 1 is 1.18 bits per heavy atom. The van der Waals surface area contributed by atoms with Gasteiger partial charge in [-0.05, 0) is 39.1 Å². The van der Waals surface area contributed by atoms with E-state index in [1.807, 2.05) is 0 Å². The second-order valence-electron chi connectivity index (χ2n) is 7.22. The average molecular weight is 411 g/mol. The lowest BCUT2D eigenvalue weighted by atomic mass is 10.1. The number of hydrogen-bond acceptors (Lipinski definition) is 6. The van der Waals surface area contributed by atoms with Crippen molar-refractivity contribution in [2.75, 3.05) is 63.4 Å². The molecule has 9 heteroatoms. The lowest BCUT2D eigenvalue weighted by Gasteiger charge is -2.32. The first-order valence-corrected chi connectivity index (χ1v) is 11.3. The van der Waals surface area contributed by atoms with E-state index in [1.54, 1.807) is 18.2 Å². The molecule has 1 aromatic carbocycles. The summed E-state index contributed by atoms with van der Waals surface area (Å²) in [7, 11) is -1.55. The molecular weight excluding hydrogens is 380 g/mol. The van der Waals surface area contributed by atoms with Crippen LogP contribution in [0.15, 0.2) is 24.3 Å². The third kappa shape index (κ3) is 6.88. The number of carbonyl (C=O) groups excluding carboxylic acids is 2. The molecule has 0 saturated carbocycles. The Kier molecular flexibility index (Phi) is 7.97. The number of Topliss-reactive ketones (excluding diaryl/α,β-unsaturated/α-hetero) is 1. The smallest absolute Gasteiger partial charge is 0.240 e. The van der Waals surface area contributed by atoms with Gasteiger partial charge in [0.15, 0.2) is 5.78 Å². The van der Waals surface area contributed by atoms with E-state index in [4.69, 9.17) is 0 Å². The van der Waals surface area contributed by atoms with E-state index < -0.39 is 10.0 Å². The topological polar surface area (TPSA) is 90.0 Å². The predicted molar refractivity (Wildman–Crippen MR) is 110 cm³/mol. The Morgan fingerprint density at radius 3 is 2.46 bits per heavy atom. The number of hydrogen-bond donors (Lipinski definition) is 1. The summed E-state index contributed by atoms with van der Waals surface area (Å²) in [4.78, 5) is 28.5. The van der Waals surface area contributed by atoms with Gasteiger partial charge in [0, 0.05) is 38.3 Å². The van der Waals surface area contributed by atoms with Gasteiger partial charge < -0.3 is 15.1 Å². The van der Waals surface area contributed by atoms with Crippen LogP contribution in [0.3, 0.4) is 0 Å². The van der Waals surface area contributed by atoms with Crippen LogP contribution in [0.5, 0.6) is 0 Å². The van der Waals surface area contributed by atoms with Gasteiger partial charge in [-0.15, -0.1) is 0 Å². The van der Waals surface area contributed by atoms with Crippen molar-refractivity contribution in [2.45, 2.75) is 13.3 Å². The minimum absolute atomic E-state index is 0.163. The number of nitrogens with zero attached hydrogens (tertiary/aromatic N) is 3. The highest BCUT2D eigenvalue weighted by atomic mass is 32.2. The highest BCUT2D eigenvalue weighted by Gasteiger charge is 2.21. The SMILES string of the molecule is CC(=O)c1cccc(N(CC(=O)NCCCN2CCN(C)CC2)S(C)(=O)=O)c1. The van der Waals surface area contributed by atoms with Gasteiger partial charge >= 0.3 is 0 Å². The first-order valence-electron chi connectivity index (χ1n) is 9.43. The molecule has 0 spiro atoms. The molecule has 1 saturated heterocycles. The zero-order valence-electron chi connectivity index (χ0n) is 16.8. The first kappa shape index (κ1) is 22.3. The summed E-state index contributed by atoms with van der Waals surface area (Å²) in [6.45, 7) is 6.66. The zero-order valence-corrected chi connectivity index (χ0v) is 17.7. The Morgan fingerprint density at radius 2 is 1.86 bits per heavy atom. The van der Waals surface area contributed by atoms with Crippen LogP contribution in [0, 0.1) is 0 Å². The van der Waals surface area contributed by atoms with Crippen molar-refractivity contribution in [1.82, 2.24) is 15.1 Å². The molecule has 0 unspecified atom stereocenters. The molecule has 0 aliphatic carbocycles. The third-order valence-corrected chi connectivity index (χ3v) is 5.94. The van der Waals surface area contributed by atoms with E-state index in [-0.39, 0.29) is 18.2 Å². The van der Waals surface area contributed by atoms with Crippen molar-refractivity contribution >= 4 is 27.4 Å². The summed E-state index contributed by atoms with van der Waals surface area (Å²) in [6, 6.07) is 6.29. The number of rotatable bonds is 9. The summed E-state index contributed by atoms with van der Waals surface area (Å²) < 4.78 is 25.3. The van der Waals surface area contributed by atoms with E-state index in [1.165, 1.54) is 13.0 Å². The minimum Gasteiger partial charge on any atom is -0.354 e. The number of piperazine rings is 1. The van der Waals surface area contributed by atoms with Crippen LogP contribution in [0.4, 0.5) is 5.69 Å². The van der Waals surface area contributed by atoms with Gasteiger partial charge in [-0.1, -0.05) is 12.1 Å². The van der Waals surface area contributed by atoms with Crippen molar-refractivity contribution in [3.63, 3.8) is 0 Å². The van der Waals surface area contributed by atoms with Crippen LogP contribution in [0.2, 0.25) is 0 Å². The molecule has 1 heterocycles. The number of benzene rings is 1. The summed E-state index contributed by atoms with van der Waals surface area (Å²) in [5.74, 6) is -0.527. The molecule has 2 rings (SSSR count). The fourth-order valence-electron chi connectivity index (χ4n) is 3.07. The number of likely N-dealkylation sites (N-methyl/N-ethyl adjacent to an activating group) is 1. The molecule has 1 aliphatic heterocycles. The highest BCUT2D eigenvalue weighted by molar-refractivity contribution is 7.92. The van der Waals surface area contributed by atoms with E-state index in [0.717, 1.165) is 49.7 Å². The molecule has 8 nitrogen and oxygen atoms in total. The lowest BCUT2D eigenvalue weighted by molar-refractivity contribution is -0.119. The summed E-state index contributed by atoms with van der Waals surface area (Å²) in [5.41, 5.74) is 0.710. The highest BCUT2D eigenvalue weighted by Crippen LogP contribution is 2.19. The van der Waals surface area contributed by atoms with Crippen LogP contribution >= 0.6 is 0 Å². The van der Waals surface area contributed by atoms with Crippen LogP contribution in [-0.4, -0.2) is 89.0 Å². The Labute approximate surface area is 167 Å². The number of carbonyl (C=O) groups is 2. The molecule has 1 aliphatic rings. The normalized spacial score (nSPS) is 16.0. The minimum atomic E-state index is -3.66. The molecule has 156 valence electrons. The van der Waals surface area contributed by atoms with Gasteiger partial charge in [-0.25, -0.2) is 8.42 Å². The van der Waals surface area contributed by atoms with Crippen molar-refractivity contribution < 1.29 is 18.0 Å². The largest absolute Gasteiger partial charge is 0.354 e. The Hall–Kier alpha value is -1.97. The van der Waals surface area contributed by atoms with Crippen molar-refractivity contribution in [2.24, 2.45) is 0 Å². The molecule has 1 N–H and O–H groups in total. The van der Waals surface area contributed by atoms with E-state index in [2.05, 4.69) is 22.2 Å². The van der Waals surface area contributed by atoms with Crippen molar-refractivity contribution in [3.05, 3.63) is 29.8 Å². The van der Waals surface area contributed by atoms with E-state index in [9.17, 15) is 18.0 Å². The Balaban J connectivity index is 1.88. The van der Waals surface area contributed by atoms with Gasteiger partial charge in [0.25, 0.3) is 0 Å². The van der Waals surface area contributed by atoms with E-state index in [0.29, 0.717) is 17.8 Å². The third-order valence-electron chi connectivity index (χ3n) is 4.80. The van der Waals surface area contributed by atoms with Gasteiger partial charge in [-0.2, -0.15) is 0 Å². The maximum atomic E-state index is 12.3. The molecule has 1 amide bonds. The summed E-state index contributed by atoms with van der Waals surface area (Å²) in [6.07, 6.45) is 1.86. The predicted octanol–water partition coefficient (Wildman–Crippen LogP) is 0.409. The monoisotopic (exact) mass is 410 g/mol. The van der Waals surface area contributed by atoms with Crippen molar-refractivity contribution in [3.8, 4) is 0 Å². The molecule has 28 heavy (non-hydrogen) atoms. The van der Waals surface area contributed by atoms with Gasteiger partial charge in [0.05, 0.1) is 11.9 Å². The number of anilines is 1. The second kappa shape index (κ2) is 9.99. The van der Waals surface area contributed by atoms with Crippen LogP contribution in [0.1, 0.15) is 23.7 Å². The van der Waals surface area contributed by atoms with E-state index >= 15 is 0 Å². The van der Waals surface area contributed by atoms with Gasteiger partial charge in [-0.3, -0.25) is 13.9 Å². The fraction of sp³-hybridized carbons (Fsp3) is 0.579. The van der Waals surface area contributed by atoms with Gasteiger partial charge in [0.2, 0.25) is 15.9 Å². The van der Waals surface area contributed by atoms with Crippen LogP contribution < -0.4 is 9.62 Å². The summed E-state index contributed by atoms with van der Waals surface area (Å²) in [5, 5.41) is 2.79. The Bertz CT molecular complexity index is 789. The second-order valence-corrected chi connectivity index (χ2v) is 9.13.